The van der Waals surface area contributed by atoms with Crippen LogP contribution in [0.25, 0.3) is 0 Å². The third-order valence-electron chi connectivity index (χ3n) is 6.55. The summed E-state index contributed by atoms with van der Waals surface area (Å²) >= 11 is 13.7. The van der Waals surface area contributed by atoms with Crippen molar-refractivity contribution in [2.24, 2.45) is 5.92 Å². The zero-order chi connectivity index (χ0) is 26.9. The third-order valence-corrected chi connectivity index (χ3v) is 7.75. The number of carbonyl (C=O) groups is 2. The van der Waals surface area contributed by atoms with Crippen LogP contribution in [0.5, 0.6) is 0 Å². The van der Waals surface area contributed by atoms with Gasteiger partial charge < -0.3 is 15.1 Å². The molecule has 0 saturated carbocycles. The van der Waals surface area contributed by atoms with E-state index in [-0.39, 0.29) is 34.3 Å². The summed E-state index contributed by atoms with van der Waals surface area (Å²) in [6.07, 6.45) is 2.56. The smallest absolute Gasteiger partial charge is 0.341 e. The van der Waals surface area contributed by atoms with E-state index in [0.29, 0.717) is 36.7 Å². The number of likely N-dealkylation sites (tertiary alicyclic amines) is 1. The number of aryl methyl sites for hydroxylation is 1. The van der Waals surface area contributed by atoms with Gasteiger partial charge in [0.05, 0.1) is 12.2 Å². The summed E-state index contributed by atoms with van der Waals surface area (Å²) in [5.74, 6) is 0.0938. The Labute approximate surface area is 233 Å². The number of carbonyl (C=O) groups excluding carboxylic acids is 2. The highest BCUT2D eigenvalue weighted by molar-refractivity contribution is 7.07. The Bertz CT molecular complexity index is 1010. The lowest BCUT2D eigenvalue weighted by Crippen LogP contribution is -2.51. The third kappa shape index (κ3) is 8.82. The molecule has 2 N–H and O–H groups in total. The minimum Gasteiger partial charge on any atom is -0.352 e. The monoisotopic (exact) mass is 569 g/mol. The van der Waals surface area contributed by atoms with Crippen LogP contribution in [0.2, 0.25) is 10.3 Å². The van der Waals surface area contributed by atoms with Crippen molar-refractivity contribution in [2.75, 3.05) is 26.2 Å². The molecule has 0 aromatic carbocycles. The van der Waals surface area contributed by atoms with Crippen molar-refractivity contribution in [3.63, 3.8) is 0 Å². The van der Waals surface area contributed by atoms with E-state index in [1.165, 1.54) is 0 Å². The van der Waals surface area contributed by atoms with E-state index in [4.69, 9.17) is 28.0 Å². The topological polar surface area (TPSA) is 86.8 Å². The Morgan fingerprint density at radius 3 is 2.62 bits per heavy atom. The van der Waals surface area contributed by atoms with Gasteiger partial charge in [-0.15, -0.1) is 0 Å². The highest BCUT2D eigenvalue weighted by atomic mass is 35.5. The molecule has 11 heteroatoms. The molecule has 3 rings (SSSR count). The van der Waals surface area contributed by atoms with Gasteiger partial charge in [-0.1, -0.05) is 37.0 Å². The predicted octanol–water partition coefficient (Wildman–Crippen LogP) is 5.53. The average molecular weight is 571 g/mol. The van der Waals surface area contributed by atoms with Crippen molar-refractivity contribution in [3.8, 4) is 0 Å². The summed E-state index contributed by atoms with van der Waals surface area (Å²) in [4.78, 5) is 39.3. The molecular weight excluding hydrogens is 533 g/mol. The number of nitrogens with zero attached hydrogens (tertiary/aromatic N) is 3. The molecule has 2 aromatic heterocycles. The van der Waals surface area contributed by atoms with E-state index < -0.39 is 0 Å². The number of halogens is 2. The summed E-state index contributed by atoms with van der Waals surface area (Å²) in [5.41, 5.74) is 4.82. The lowest BCUT2D eigenvalue weighted by Gasteiger charge is -2.40. The molecule has 0 spiro atoms. The van der Waals surface area contributed by atoms with Gasteiger partial charge in [0.2, 0.25) is 0 Å². The molecule has 1 aliphatic rings. The van der Waals surface area contributed by atoms with E-state index in [9.17, 15) is 9.59 Å². The minimum absolute atomic E-state index is 0.114. The van der Waals surface area contributed by atoms with Crippen LogP contribution in [0, 0.1) is 12.8 Å². The van der Waals surface area contributed by atoms with Crippen LogP contribution in [0.3, 0.4) is 0 Å². The van der Waals surface area contributed by atoms with Crippen molar-refractivity contribution in [1.82, 2.24) is 25.6 Å². The SMILES string of the molecule is Cc1cc(Cl)nc(Cl)c1C(=O)NCC[C@@H](C)N1CCC(N(Cc2ccsc2)C(=O)NOCC(C)C)CC1. The summed E-state index contributed by atoms with van der Waals surface area (Å²) in [5, 5.41) is 7.45. The molecule has 3 amide bonds. The second kappa shape index (κ2) is 14.3. The average Bonchev–Trinajstić information content (AvgIpc) is 3.35. The second-order valence-electron chi connectivity index (χ2n) is 9.96. The Morgan fingerprint density at radius 2 is 2.00 bits per heavy atom. The van der Waals surface area contributed by atoms with Gasteiger partial charge in [0.25, 0.3) is 5.91 Å². The van der Waals surface area contributed by atoms with Crippen LogP contribution in [0.15, 0.2) is 22.9 Å². The second-order valence-corrected chi connectivity index (χ2v) is 11.5. The van der Waals surface area contributed by atoms with Gasteiger partial charge in [0, 0.05) is 38.3 Å². The molecule has 0 aliphatic carbocycles. The molecule has 37 heavy (non-hydrogen) atoms. The molecule has 8 nitrogen and oxygen atoms in total. The number of urea groups is 1. The van der Waals surface area contributed by atoms with Crippen molar-refractivity contribution in [2.45, 2.75) is 65.6 Å². The van der Waals surface area contributed by atoms with Gasteiger partial charge in [-0.3, -0.25) is 9.63 Å². The summed E-state index contributed by atoms with van der Waals surface area (Å²) in [6.45, 7) is 11.4. The highest BCUT2D eigenvalue weighted by Gasteiger charge is 2.30. The van der Waals surface area contributed by atoms with E-state index in [1.54, 1.807) is 24.3 Å². The van der Waals surface area contributed by atoms with Crippen molar-refractivity contribution < 1.29 is 14.4 Å². The lowest BCUT2D eigenvalue weighted by molar-refractivity contribution is 0.0203. The maximum absolute atomic E-state index is 13.0. The minimum atomic E-state index is -0.243. The van der Waals surface area contributed by atoms with Crippen molar-refractivity contribution in [3.05, 3.63) is 49.9 Å². The van der Waals surface area contributed by atoms with E-state index in [1.807, 2.05) is 24.1 Å². The molecule has 0 radical (unpaired) electrons. The quantitative estimate of drug-likeness (QED) is 0.274. The normalized spacial score (nSPS) is 15.5. The number of hydrogen-bond donors (Lipinski definition) is 2. The zero-order valence-electron chi connectivity index (χ0n) is 21.9. The summed E-state index contributed by atoms with van der Waals surface area (Å²) < 4.78 is 0. The first-order valence-electron chi connectivity index (χ1n) is 12.7. The Balaban J connectivity index is 1.49. The maximum atomic E-state index is 13.0. The standard InChI is InChI=1S/C26H37Cl2N5O3S/c1-17(2)15-36-31-26(35)33(14-20-8-12-37-16-20)21-6-10-32(11-7-21)19(4)5-9-29-25(34)23-18(3)13-22(27)30-24(23)28/h8,12-13,16-17,19,21H,5-7,9-11,14-15H2,1-4H3,(H,29,34)(H,31,35)/t19-/m1/s1. The first kappa shape index (κ1) is 29.6. The van der Waals surface area contributed by atoms with Crippen LogP contribution in [-0.4, -0.2) is 65.0 Å². The molecule has 2 aromatic rings. The number of aromatic nitrogens is 1. The van der Waals surface area contributed by atoms with Gasteiger partial charge in [-0.25, -0.2) is 15.3 Å². The van der Waals surface area contributed by atoms with E-state index in [2.05, 4.69) is 39.1 Å². The number of pyridine rings is 1. The Kier molecular flexibility index (Phi) is 11.5. The number of hydroxylamine groups is 1. The first-order chi connectivity index (χ1) is 17.7. The van der Waals surface area contributed by atoms with Gasteiger partial charge in [0.15, 0.2) is 0 Å². The molecule has 1 aliphatic heterocycles. The van der Waals surface area contributed by atoms with Crippen LogP contribution in [0.1, 0.15) is 61.5 Å². The number of rotatable bonds is 11. The molecule has 1 saturated heterocycles. The lowest BCUT2D eigenvalue weighted by atomic mass is 10.0. The maximum Gasteiger partial charge on any atom is 0.341 e. The van der Waals surface area contributed by atoms with Crippen LogP contribution in [0.4, 0.5) is 4.79 Å². The first-order valence-corrected chi connectivity index (χ1v) is 14.4. The van der Waals surface area contributed by atoms with E-state index in [0.717, 1.165) is 37.9 Å². The van der Waals surface area contributed by atoms with Gasteiger partial charge in [-0.2, -0.15) is 11.3 Å². The summed E-state index contributed by atoms with van der Waals surface area (Å²) in [6, 6.07) is 3.92. The fourth-order valence-electron chi connectivity index (χ4n) is 4.45. The van der Waals surface area contributed by atoms with Crippen LogP contribution >= 0.6 is 34.5 Å². The largest absolute Gasteiger partial charge is 0.352 e. The zero-order valence-corrected chi connectivity index (χ0v) is 24.3. The molecular formula is C26H37Cl2N5O3S. The van der Waals surface area contributed by atoms with Gasteiger partial charge in [-0.05, 0) is 73.0 Å². The molecule has 204 valence electrons. The number of amides is 3. The molecule has 0 bridgehead atoms. The molecule has 3 heterocycles. The predicted molar refractivity (Wildman–Crippen MR) is 149 cm³/mol. The fourth-order valence-corrected chi connectivity index (χ4v) is 5.72. The number of piperidine rings is 1. The fraction of sp³-hybridized carbons (Fsp3) is 0.577. The Hall–Kier alpha value is -1.91. The summed E-state index contributed by atoms with van der Waals surface area (Å²) in [7, 11) is 0. The highest BCUT2D eigenvalue weighted by Crippen LogP contribution is 2.23. The van der Waals surface area contributed by atoms with Crippen LogP contribution < -0.4 is 10.8 Å². The van der Waals surface area contributed by atoms with Crippen LogP contribution in [-0.2, 0) is 11.4 Å². The number of thiophene rings is 1. The number of nitrogens with one attached hydrogen (secondary N) is 2. The van der Waals surface area contributed by atoms with Gasteiger partial charge in [0.1, 0.15) is 10.3 Å². The van der Waals surface area contributed by atoms with E-state index >= 15 is 0 Å². The molecule has 1 atom stereocenters. The Morgan fingerprint density at radius 1 is 1.27 bits per heavy atom. The number of hydrogen-bond acceptors (Lipinski definition) is 6. The van der Waals surface area contributed by atoms with Gasteiger partial charge >= 0.3 is 6.03 Å². The van der Waals surface area contributed by atoms with Crippen molar-refractivity contribution in [1.29, 1.82) is 0 Å². The molecule has 0 unspecified atom stereocenters. The molecule has 1 fully saturated rings. The van der Waals surface area contributed by atoms with Crippen molar-refractivity contribution >= 4 is 46.5 Å².